The Morgan fingerprint density at radius 1 is 0.573 bits per heavy atom. The molecule has 2 N–H and O–H groups in total. The molecule has 7 rings (SSSR count). The number of hydrogen-bond acceptors (Lipinski definition) is 14. The van der Waals surface area contributed by atoms with Gasteiger partial charge >= 0.3 is 391 Å². The topological polar surface area (TPSA) is 197 Å². The van der Waals surface area contributed by atoms with Gasteiger partial charge in [-0.25, -0.2) is 39.5 Å². The van der Waals surface area contributed by atoms with Gasteiger partial charge in [0.1, 0.15) is 30.9 Å². The SMILES string of the molecule is C.C.C#Cc1ccccn1.C1CCOC1.CC.CCOC(=O)/C=C/c1cccnc1Br.CCOC(=O)C=PP.O=Cc1cccnc1Br.OC/C=C/c1cccnc1Br.OC/C=C/c1cccnc1C#Cc1ccccn1.[K][K].[K][K].[K][K].[K][K].[K][K].[K][K]. The Morgan fingerprint density at radius 2 is 0.955 bits per heavy atom. The average molecular weight is 1750 g/mol. The second-order valence-electron chi connectivity index (χ2n) is 13.1. The maximum absolute atomic E-state index is 11.0. The molecule has 14 nitrogen and oxygen atoms in total. The molecule has 1 aliphatic rings. The first-order chi connectivity index (χ1) is 42.6. The van der Waals surface area contributed by atoms with Crippen molar-refractivity contribution in [3.8, 4) is 24.2 Å². The van der Waals surface area contributed by atoms with Crippen molar-refractivity contribution in [2.75, 3.05) is 39.6 Å². The Kier molecular flexibility index (Phi) is 143. The van der Waals surface area contributed by atoms with Crippen LogP contribution in [0.25, 0.3) is 18.2 Å². The van der Waals surface area contributed by atoms with Crippen LogP contribution in [0.5, 0.6) is 0 Å². The van der Waals surface area contributed by atoms with Gasteiger partial charge in [-0.2, -0.15) is 0 Å². The van der Waals surface area contributed by atoms with Crippen molar-refractivity contribution in [2.45, 2.75) is 55.4 Å². The Balaban J connectivity index is -0.000000118. The minimum absolute atomic E-state index is 0. The monoisotopic (exact) mass is 1740 g/mol. The number of aromatic nitrogens is 6. The average Bonchev–Trinajstić information content (AvgIpc) is 4.21. The van der Waals surface area contributed by atoms with Gasteiger partial charge < -0.3 is 24.4 Å². The zero-order valence-corrected chi connectivity index (χ0v) is 98.4. The molecule has 1 unspecified atom stereocenters. The van der Waals surface area contributed by atoms with Crippen molar-refractivity contribution in [2.24, 2.45) is 0 Å². The molecule has 31 heteroatoms. The predicted molar refractivity (Wildman–Crippen MR) is 399 cm³/mol. The van der Waals surface area contributed by atoms with Crippen molar-refractivity contribution in [3.05, 3.63) is 193 Å². The fourth-order valence-corrected chi connectivity index (χ4v) is 6.33. The normalized spacial score (nSPS) is 9.45. The summed E-state index contributed by atoms with van der Waals surface area (Å²) < 4.78 is 16.4. The van der Waals surface area contributed by atoms with E-state index < -0.39 is 0 Å². The standard InChI is InChI=1S/C15H12N2O.C10H10BrNO2.C8H8BrNO.C7H5N.C6H4BrNO.C4H8O2P2.C4H8O.C2H6.2CH4.12K/c18-12-4-6-13-5-3-11-17-15(13)9-8-14-7-1-2-10-16-14;1-2-14-9(13)6-5-8-4-3-7-12-10(8)11;9-8-7(4-2-6-11)3-1-5-10-8;1-2-7-5-3-4-6-8-7;7-6-5(4-9)2-1-3-8-6;1-2-6-4(5)3-8-7;1-2-4-5-3-1;1-2;;;;;;;;;;;;;;/h1-7,10-11,18H,12H2;3-7H,2H2,1H3;1-5,11H,6H2;1,3-6H;1-4H;3H,2,7H2,1H3;1-4H2;1-2H3;2*1H4;;;;;;;;;;;;/b6-4+;6-5+;4-2+;;;;;;;;;;;;;;;;;;;. The zero-order chi connectivity index (χ0) is 67.6. The third-order valence-electron chi connectivity index (χ3n) is 7.90. The quantitative estimate of drug-likeness (QED) is 0.0252. The molecule has 89 heavy (non-hydrogen) atoms. The number of rotatable bonds is 10. The van der Waals surface area contributed by atoms with Crippen LogP contribution in [0.3, 0.4) is 0 Å². The summed E-state index contributed by atoms with van der Waals surface area (Å²) in [6.07, 6.45) is 28.4. The number of nitrogens with zero attached hydrogens (tertiary/aromatic N) is 6. The van der Waals surface area contributed by atoms with Crippen LogP contribution in [0, 0.1) is 24.2 Å². The Morgan fingerprint density at radius 3 is 1.29 bits per heavy atom. The molecule has 1 atom stereocenters. The van der Waals surface area contributed by atoms with E-state index in [2.05, 4.69) is 109 Å². The van der Waals surface area contributed by atoms with Gasteiger partial charge in [-0.1, -0.05) is 106 Å². The third kappa shape index (κ3) is 83.7. The molecule has 1 fully saturated rings. The summed E-state index contributed by atoms with van der Waals surface area (Å²) in [5, 5.41) is 17.3. The molecule has 422 valence electrons. The first-order valence-corrected chi connectivity index (χ1v) is 130. The first-order valence-electron chi connectivity index (χ1n) is 29.0. The van der Waals surface area contributed by atoms with E-state index in [0.29, 0.717) is 45.1 Å². The molecule has 7 heterocycles. The van der Waals surface area contributed by atoms with Gasteiger partial charge in [-0.15, -0.1) is 6.42 Å². The van der Waals surface area contributed by atoms with Gasteiger partial charge in [-0.3, -0.25) is 4.79 Å². The number of aliphatic hydroxyl groups excluding tert-OH is 2. The number of carbonyl (C=O) groups excluding carboxylic acids is 3. The van der Waals surface area contributed by atoms with E-state index in [9.17, 15) is 14.4 Å². The van der Waals surface area contributed by atoms with Crippen LogP contribution in [0.4, 0.5) is 0 Å². The molecule has 0 spiro atoms. The number of aldehydes is 1. The van der Waals surface area contributed by atoms with Gasteiger partial charge in [0.2, 0.25) is 0 Å². The number of esters is 2. The van der Waals surface area contributed by atoms with Crippen LogP contribution in [-0.2, 0) is 23.8 Å². The van der Waals surface area contributed by atoms with Crippen LogP contribution >= 0.6 is 64.6 Å². The van der Waals surface area contributed by atoms with E-state index in [1.54, 1.807) is 99.6 Å². The summed E-state index contributed by atoms with van der Waals surface area (Å²) in [6, 6.07) is 25.7. The molecule has 0 saturated carbocycles. The van der Waals surface area contributed by atoms with E-state index in [-0.39, 0.29) is 40.0 Å². The van der Waals surface area contributed by atoms with Crippen LogP contribution < -0.4 is 0 Å². The number of terminal acetylenes is 1. The molecule has 0 aliphatic carbocycles. The summed E-state index contributed by atoms with van der Waals surface area (Å²) >= 11 is 24.7. The summed E-state index contributed by atoms with van der Waals surface area (Å²) in [5.74, 6) is 9.22. The summed E-state index contributed by atoms with van der Waals surface area (Å²) in [5.41, 5.74) is 5.36. The summed E-state index contributed by atoms with van der Waals surface area (Å²) in [6.45, 7) is 10.5. The number of hydrogen-bond donors (Lipinski definition) is 2. The van der Waals surface area contributed by atoms with E-state index in [4.69, 9.17) is 26.1 Å². The number of aliphatic hydroxyl groups is 2. The van der Waals surface area contributed by atoms with Gasteiger partial charge in [-0.05, 0) is 147 Å². The van der Waals surface area contributed by atoms with Crippen molar-refractivity contribution in [1.29, 1.82) is 0 Å². The van der Waals surface area contributed by atoms with Gasteiger partial charge in [0.25, 0.3) is 0 Å². The van der Waals surface area contributed by atoms with Crippen molar-refractivity contribution >= 4 is 486 Å². The zero-order valence-electron chi connectivity index (χ0n) is 54.1. The number of pyridine rings is 6. The molecule has 6 aromatic rings. The summed E-state index contributed by atoms with van der Waals surface area (Å²) in [7, 11) is 3.26. The van der Waals surface area contributed by atoms with Crippen LogP contribution in [0.1, 0.15) is 99.5 Å². The second kappa shape index (κ2) is 106. The fourth-order valence-electron chi connectivity index (χ4n) is 4.65. The van der Waals surface area contributed by atoms with Crippen molar-refractivity contribution in [3.63, 3.8) is 0 Å². The maximum atomic E-state index is 11.0. The Hall–Kier alpha value is 13.4. The van der Waals surface area contributed by atoms with E-state index >= 15 is 0 Å². The summed E-state index contributed by atoms with van der Waals surface area (Å²) in [4.78, 5) is 55.6. The van der Waals surface area contributed by atoms with Gasteiger partial charge in [0, 0.05) is 78.7 Å². The molecule has 1 saturated heterocycles. The molecule has 0 bridgehead atoms. The molecule has 0 amide bonds. The van der Waals surface area contributed by atoms with E-state index in [0.717, 1.165) is 48.7 Å². The molecule has 0 aromatic carbocycles. The minimum atomic E-state index is -0.344. The first kappa shape index (κ1) is 121. The molecule has 1 aliphatic heterocycles. The van der Waals surface area contributed by atoms with E-state index in [1.165, 1.54) is 404 Å². The van der Waals surface area contributed by atoms with Crippen molar-refractivity contribution in [1.82, 2.24) is 29.9 Å². The second-order valence-corrected chi connectivity index (χ2v) is 16.8. The van der Waals surface area contributed by atoms with Crippen molar-refractivity contribution < 1.29 is 38.8 Å². The van der Waals surface area contributed by atoms with Crippen LogP contribution in [0.2, 0.25) is 0 Å². The molecular weight excluding hydrogens is 1680 g/mol. The molecular formula is C58H69Br3K12N6O8P2. The Bertz CT molecular complexity index is 2760. The fraction of sp³-hybridized carbons (Fsp3) is 0.241. The van der Waals surface area contributed by atoms with E-state index in [1.807, 2.05) is 80.6 Å². The predicted octanol–water partition coefficient (Wildman–Crippen LogP) is 8.49. The van der Waals surface area contributed by atoms with Gasteiger partial charge in [0.05, 0.1) is 32.2 Å². The number of carbonyl (C=O) groups is 3. The van der Waals surface area contributed by atoms with Gasteiger partial charge in [0.15, 0.2) is 6.29 Å². The molecule has 6 aromatic heterocycles. The molecule has 0 radical (unpaired) electrons. The number of halogens is 3. The van der Waals surface area contributed by atoms with Crippen LogP contribution in [0.15, 0.2) is 154 Å². The Labute approximate surface area is 834 Å². The van der Waals surface area contributed by atoms with Crippen LogP contribution in [-0.4, -0.2) is 483 Å². The number of ether oxygens (including phenoxy) is 3. The third-order valence-corrected chi connectivity index (χ3v) is 10.7.